The number of aromatic nitrogens is 4. The molecule has 0 unspecified atom stereocenters. The number of nitrogens with one attached hydrogen (secondary N) is 2. The van der Waals surface area contributed by atoms with Crippen LogP contribution >= 0.6 is 11.8 Å². The van der Waals surface area contributed by atoms with E-state index in [1.165, 1.54) is 31.6 Å². The van der Waals surface area contributed by atoms with Crippen molar-refractivity contribution in [2.24, 2.45) is 0 Å². The average molecular weight is 625 g/mol. The molecular weight excluding hydrogens is 592 g/mol. The number of aliphatic hydroxyl groups excluding tert-OH is 1. The summed E-state index contributed by atoms with van der Waals surface area (Å²) < 4.78 is 41.5. The van der Waals surface area contributed by atoms with Gasteiger partial charge < -0.3 is 19.9 Å². The number of anilines is 1. The summed E-state index contributed by atoms with van der Waals surface area (Å²) in [6.07, 6.45) is 3.00. The molecule has 4 rings (SSSR count). The molecule has 3 N–H and O–H groups in total. The van der Waals surface area contributed by atoms with E-state index < -0.39 is 10.0 Å². The Balaban J connectivity index is 1.84. The SMILES string of the molecule is COc1ccccc1Oc1c(NS(=O)(=O)c2ccc(C(C)(C)C)cc2)nc(-c2ncccn2)nc1SCC(=O)NCCO. The molecule has 14 heteroatoms. The Kier molecular flexibility index (Phi) is 10.2. The van der Waals surface area contributed by atoms with E-state index in [0.717, 1.165) is 17.3 Å². The van der Waals surface area contributed by atoms with Gasteiger partial charge in [-0.3, -0.25) is 9.52 Å². The molecule has 12 nitrogen and oxygen atoms in total. The van der Waals surface area contributed by atoms with Gasteiger partial charge >= 0.3 is 0 Å². The first-order valence-corrected chi connectivity index (χ1v) is 15.6. The van der Waals surface area contributed by atoms with Crippen LogP contribution in [0.25, 0.3) is 11.6 Å². The number of hydrogen-bond donors (Lipinski definition) is 3. The molecule has 0 spiro atoms. The molecule has 0 aliphatic carbocycles. The Morgan fingerprint density at radius 1 is 0.953 bits per heavy atom. The Hall–Kier alpha value is -4.27. The smallest absolute Gasteiger partial charge is 0.263 e. The maximum Gasteiger partial charge on any atom is 0.263 e. The highest BCUT2D eigenvalue weighted by molar-refractivity contribution is 8.00. The molecule has 226 valence electrons. The summed E-state index contributed by atoms with van der Waals surface area (Å²) in [6.45, 7) is 5.97. The van der Waals surface area contributed by atoms with E-state index in [9.17, 15) is 13.2 Å². The topological polar surface area (TPSA) is 166 Å². The number of benzene rings is 2. The number of para-hydroxylation sites is 2. The molecule has 4 aromatic rings. The molecule has 2 aromatic heterocycles. The molecule has 0 saturated heterocycles. The fraction of sp³-hybridized carbons (Fsp3) is 0.276. The van der Waals surface area contributed by atoms with E-state index in [4.69, 9.17) is 14.6 Å². The van der Waals surface area contributed by atoms with Crippen LogP contribution in [0.3, 0.4) is 0 Å². The van der Waals surface area contributed by atoms with E-state index in [-0.39, 0.29) is 69.1 Å². The van der Waals surface area contributed by atoms with Gasteiger partial charge in [0.1, 0.15) is 5.03 Å². The van der Waals surface area contributed by atoms with Crippen molar-refractivity contribution in [1.29, 1.82) is 0 Å². The Morgan fingerprint density at radius 2 is 1.63 bits per heavy atom. The lowest BCUT2D eigenvalue weighted by atomic mass is 9.87. The van der Waals surface area contributed by atoms with Gasteiger partial charge in [-0.25, -0.2) is 28.4 Å². The fourth-order valence-electron chi connectivity index (χ4n) is 3.72. The van der Waals surface area contributed by atoms with Crippen LogP contribution in [0.5, 0.6) is 17.2 Å². The van der Waals surface area contributed by atoms with Crippen molar-refractivity contribution >= 4 is 33.5 Å². The highest BCUT2D eigenvalue weighted by Gasteiger charge is 2.26. The molecule has 2 aromatic carbocycles. The second-order valence-corrected chi connectivity index (χ2v) is 12.7. The van der Waals surface area contributed by atoms with Crippen LogP contribution in [0.15, 0.2) is 76.9 Å². The summed E-state index contributed by atoms with van der Waals surface area (Å²) in [5, 5.41) is 11.8. The highest BCUT2D eigenvalue weighted by Crippen LogP contribution is 2.41. The Labute approximate surface area is 254 Å². The van der Waals surface area contributed by atoms with Crippen LogP contribution in [-0.4, -0.2) is 65.4 Å². The Morgan fingerprint density at radius 3 is 2.26 bits per heavy atom. The van der Waals surface area contributed by atoms with Crippen molar-refractivity contribution in [2.45, 2.75) is 36.1 Å². The lowest BCUT2D eigenvalue weighted by molar-refractivity contribution is -0.118. The third-order valence-corrected chi connectivity index (χ3v) is 8.23. The highest BCUT2D eigenvalue weighted by atomic mass is 32.2. The van der Waals surface area contributed by atoms with Crippen LogP contribution in [0.1, 0.15) is 26.3 Å². The number of amides is 1. The van der Waals surface area contributed by atoms with Crippen LogP contribution in [0.2, 0.25) is 0 Å². The first kappa shape index (κ1) is 31.7. The zero-order valence-electron chi connectivity index (χ0n) is 24.1. The molecule has 0 aliphatic heterocycles. The monoisotopic (exact) mass is 624 g/mol. The molecule has 0 saturated carbocycles. The predicted octanol–water partition coefficient (Wildman–Crippen LogP) is 4.03. The first-order valence-electron chi connectivity index (χ1n) is 13.2. The third kappa shape index (κ3) is 8.18. The molecule has 0 atom stereocenters. The molecule has 0 fully saturated rings. The quantitative estimate of drug-likeness (QED) is 0.154. The maximum atomic E-state index is 13.7. The van der Waals surface area contributed by atoms with E-state index >= 15 is 0 Å². The van der Waals surface area contributed by atoms with Crippen LogP contribution in [-0.2, 0) is 20.2 Å². The number of rotatable bonds is 12. The lowest BCUT2D eigenvalue weighted by Gasteiger charge is -2.20. The lowest BCUT2D eigenvalue weighted by Crippen LogP contribution is -2.28. The molecular formula is C29H32N6O6S2. The van der Waals surface area contributed by atoms with Gasteiger partial charge in [0, 0.05) is 18.9 Å². The maximum absolute atomic E-state index is 13.7. The van der Waals surface area contributed by atoms with Gasteiger partial charge in [-0.2, -0.15) is 0 Å². The van der Waals surface area contributed by atoms with Crippen molar-refractivity contribution < 1.29 is 27.8 Å². The van der Waals surface area contributed by atoms with Crippen molar-refractivity contribution in [1.82, 2.24) is 25.3 Å². The molecule has 0 bridgehead atoms. The minimum atomic E-state index is -4.17. The largest absolute Gasteiger partial charge is 0.493 e. The summed E-state index contributed by atoms with van der Waals surface area (Å²) in [4.78, 5) is 29.8. The fourth-order valence-corrected chi connectivity index (χ4v) is 5.51. The summed E-state index contributed by atoms with van der Waals surface area (Å²) in [5.41, 5.74) is 0.800. The van der Waals surface area contributed by atoms with Crippen molar-refractivity contribution in [3.63, 3.8) is 0 Å². The van der Waals surface area contributed by atoms with Gasteiger partial charge in [-0.1, -0.05) is 56.8 Å². The summed E-state index contributed by atoms with van der Waals surface area (Å²) in [7, 11) is -2.70. The predicted molar refractivity (Wildman–Crippen MR) is 163 cm³/mol. The second kappa shape index (κ2) is 13.8. The van der Waals surface area contributed by atoms with E-state index in [1.54, 1.807) is 42.5 Å². The number of methoxy groups -OCH3 is 1. The number of sulfonamides is 1. The Bertz CT molecular complexity index is 1660. The van der Waals surface area contributed by atoms with Gasteiger partial charge in [0.25, 0.3) is 10.0 Å². The number of thioether (sulfide) groups is 1. The van der Waals surface area contributed by atoms with Crippen molar-refractivity contribution in [2.75, 3.05) is 30.7 Å². The van der Waals surface area contributed by atoms with Crippen molar-refractivity contribution in [3.05, 3.63) is 72.6 Å². The van der Waals surface area contributed by atoms with E-state index in [0.29, 0.717) is 5.75 Å². The minimum absolute atomic E-state index is 0.00650. The zero-order chi connectivity index (χ0) is 31.0. The molecule has 1 amide bonds. The molecule has 0 aliphatic rings. The minimum Gasteiger partial charge on any atom is -0.493 e. The molecule has 0 radical (unpaired) electrons. The number of hydrogen-bond acceptors (Lipinski definition) is 11. The van der Waals surface area contributed by atoms with Gasteiger partial charge in [0.05, 0.1) is 24.4 Å². The van der Waals surface area contributed by atoms with Crippen LogP contribution in [0.4, 0.5) is 5.82 Å². The molecule has 43 heavy (non-hydrogen) atoms. The summed E-state index contributed by atoms with van der Waals surface area (Å²) >= 11 is 0.987. The first-order chi connectivity index (χ1) is 20.5. The number of carbonyl (C=O) groups is 1. The standard InChI is InChI=1S/C29H32N6O6S2/c1-29(2,3)19-10-12-20(13-11-19)43(38,39)35-25-24(41-22-9-6-5-8-21(22)40-4)28(42-18-23(37)30-16-17-36)34-27(33-25)26-31-14-7-15-32-26/h5-15,36H,16-18H2,1-4H3,(H,30,37)(H,33,34,35). The van der Waals surface area contributed by atoms with Gasteiger partial charge in [0.15, 0.2) is 23.1 Å². The van der Waals surface area contributed by atoms with Crippen LogP contribution in [0, 0.1) is 0 Å². The van der Waals surface area contributed by atoms with Gasteiger partial charge in [-0.15, -0.1) is 0 Å². The van der Waals surface area contributed by atoms with E-state index in [1.807, 2.05) is 20.8 Å². The van der Waals surface area contributed by atoms with E-state index in [2.05, 4.69) is 30.0 Å². The zero-order valence-corrected chi connectivity index (χ0v) is 25.7. The number of ether oxygens (including phenoxy) is 2. The van der Waals surface area contributed by atoms with Crippen molar-refractivity contribution in [3.8, 4) is 28.9 Å². The van der Waals surface area contributed by atoms with Gasteiger partial charge in [-0.05, 0) is 41.3 Å². The second-order valence-electron chi connectivity index (χ2n) is 10.1. The normalized spacial score (nSPS) is 11.6. The number of carbonyl (C=O) groups excluding carboxylic acids is 1. The molecule has 2 heterocycles. The third-order valence-electron chi connectivity index (χ3n) is 5.92. The number of nitrogens with zero attached hydrogens (tertiary/aromatic N) is 4. The summed E-state index contributed by atoms with van der Waals surface area (Å²) in [6, 6.07) is 15.0. The average Bonchev–Trinajstić information content (AvgIpc) is 3.00. The number of aliphatic hydroxyl groups is 1. The van der Waals surface area contributed by atoms with Gasteiger partial charge in [0.2, 0.25) is 17.5 Å². The van der Waals surface area contributed by atoms with Crippen LogP contribution < -0.4 is 19.5 Å². The summed E-state index contributed by atoms with van der Waals surface area (Å²) in [5.74, 6) is 0.0366.